The van der Waals surface area contributed by atoms with Gasteiger partial charge >= 0.3 is 11.9 Å². The molecule has 0 saturated heterocycles. The molecule has 0 spiro atoms. The van der Waals surface area contributed by atoms with Crippen molar-refractivity contribution in [1.82, 2.24) is 5.32 Å². The largest absolute Gasteiger partial charge is 0.490 e. The van der Waals surface area contributed by atoms with Crippen molar-refractivity contribution >= 4 is 52.2 Å². The summed E-state index contributed by atoms with van der Waals surface area (Å²) >= 11 is 0. The Bertz CT molecular complexity index is 1940. The molecule has 9 nitrogen and oxygen atoms in total. The zero-order valence-corrected chi connectivity index (χ0v) is 38.2. The molecule has 2 saturated carbocycles. The lowest BCUT2D eigenvalue weighted by atomic mass is 9.72. The fourth-order valence-electron chi connectivity index (χ4n) is 8.06. The zero-order chi connectivity index (χ0) is 43.0. The van der Waals surface area contributed by atoms with E-state index in [1.54, 1.807) is 6.92 Å². The molecule has 0 aliphatic heterocycles. The fourth-order valence-corrected chi connectivity index (χ4v) is 8.06. The third-order valence-electron chi connectivity index (χ3n) is 11.6. The number of nitrogens with two attached hydrogens (primary N) is 1. The smallest absolute Gasteiger partial charge is 0.319 e. The summed E-state index contributed by atoms with van der Waals surface area (Å²) in [5.41, 5.74) is 7.55. The third-order valence-corrected chi connectivity index (χ3v) is 11.6. The lowest BCUT2D eigenvalue weighted by Gasteiger charge is -2.37. The molecule has 0 atom stereocenters. The van der Waals surface area contributed by atoms with Crippen molar-refractivity contribution in [3.05, 3.63) is 83.9 Å². The molecule has 6 rings (SSSR count). The van der Waals surface area contributed by atoms with Crippen LogP contribution in [0.4, 0.5) is 0 Å². The summed E-state index contributed by atoms with van der Waals surface area (Å²) < 4.78 is 21.9. The van der Waals surface area contributed by atoms with Gasteiger partial charge in [-0.05, 0) is 151 Å². The van der Waals surface area contributed by atoms with Crippen molar-refractivity contribution in [2.24, 2.45) is 28.4 Å². The van der Waals surface area contributed by atoms with E-state index in [-0.39, 0.29) is 44.9 Å². The minimum Gasteiger partial charge on any atom is -0.490 e. The molecule has 61 heavy (non-hydrogen) atoms. The third kappa shape index (κ3) is 17.6. The van der Waals surface area contributed by atoms with Gasteiger partial charge in [0, 0.05) is 12.1 Å². The molecule has 4 aromatic rings. The van der Waals surface area contributed by atoms with Crippen LogP contribution in [0.2, 0.25) is 0 Å². The number of ether oxygens (including phenoxy) is 4. The number of rotatable bonds is 12. The predicted molar refractivity (Wildman–Crippen MR) is 253 cm³/mol. The van der Waals surface area contributed by atoms with Crippen molar-refractivity contribution in [2.45, 2.75) is 133 Å². The minimum atomic E-state index is -0.345. The molecule has 0 heterocycles. The predicted octanol–water partition coefficient (Wildman–Crippen LogP) is 11.7. The van der Waals surface area contributed by atoms with E-state index in [1.165, 1.54) is 36.5 Å². The topological polar surface area (TPSA) is 126 Å². The van der Waals surface area contributed by atoms with Gasteiger partial charge in [-0.3, -0.25) is 14.4 Å². The zero-order valence-electron chi connectivity index (χ0n) is 37.4. The molecule has 2 fully saturated rings. The maximum atomic E-state index is 11.4. The number of nitrogens with one attached hydrogen (secondary N) is 1. The van der Waals surface area contributed by atoms with E-state index in [9.17, 15) is 14.4 Å². The number of hydrogen-bond donors (Lipinski definition) is 2. The summed E-state index contributed by atoms with van der Waals surface area (Å²) in [6, 6.07) is 24.6. The first-order valence-corrected chi connectivity index (χ1v) is 21.7. The van der Waals surface area contributed by atoms with Crippen molar-refractivity contribution in [2.75, 3.05) is 26.3 Å². The lowest BCUT2D eigenvalue weighted by Crippen LogP contribution is -2.30. The van der Waals surface area contributed by atoms with E-state index in [2.05, 4.69) is 94.1 Å². The van der Waals surface area contributed by atoms with E-state index < -0.39 is 0 Å². The van der Waals surface area contributed by atoms with Gasteiger partial charge in [0.1, 0.15) is 17.8 Å². The Morgan fingerprint density at radius 2 is 1.07 bits per heavy atom. The Kier molecular flexibility index (Phi) is 22.3. The van der Waals surface area contributed by atoms with Crippen molar-refractivity contribution < 1.29 is 33.3 Å². The van der Waals surface area contributed by atoms with Gasteiger partial charge in [0.15, 0.2) is 0 Å². The molecule has 2 aliphatic rings. The van der Waals surface area contributed by atoms with E-state index in [0.717, 1.165) is 71.6 Å². The van der Waals surface area contributed by atoms with E-state index >= 15 is 0 Å². The van der Waals surface area contributed by atoms with Gasteiger partial charge in [0.05, 0.1) is 38.5 Å². The van der Waals surface area contributed by atoms with Gasteiger partial charge in [-0.25, -0.2) is 0 Å². The summed E-state index contributed by atoms with van der Waals surface area (Å²) in [6.07, 6.45) is 11.1. The van der Waals surface area contributed by atoms with Crippen LogP contribution in [-0.2, 0) is 25.6 Å². The van der Waals surface area contributed by atoms with Crippen LogP contribution in [0.5, 0.6) is 11.5 Å². The summed E-state index contributed by atoms with van der Waals surface area (Å²) in [5.74, 6) is 2.95. The van der Waals surface area contributed by atoms with Crippen molar-refractivity contribution in [1.29, 1.82) is 0 Å². The highest BCUT2D eigenvalue weighted by Crippen LogP contribution is 2.40. The van der Waals surface area contributed by atoms with Gasteiger partial charge in [-0.2, -0.15) is 0 Å². The Morgan fingerprint density at radius 1 is 0.639 bits per heavy atom. The fraction of sp³-hybridized carbons (Fsp3) is 0.549. The Morgan fingerprint density at radius 3 is 1.49 bits per heavy atom. The van der Waals surface area contributed by atoms with E-state index in [1.807, 2.05) is 37.3 Å². The second-order valence-corrected chi connectivity index (χ2v) is 18.1. The van der Waals surface area contributed by atoms with Crippen LogP contribution in [0.3, 0.4) is 0 Å². The monoisotopic (exact) mass is 863 g/mol. The molecule has 0 unspecified atom stereocenters. The standard InChI is InChI=1S/C25H35NO3.C21H26O2.C4H9NO2.CH4.ClH/c1-5-28-24(27)17-26-16-18-6-7-20-15-23(11-8-19(20)14-18)29-22-12-9-21(10-13-22)25(2,3)4;1-21(2,3)18-7-10-19(11-8-18)23-20-9-6-16-12-15(14-22)4-5-17(16)13-20;1-2-7-4(6)3-5;;/h6-8,11,14-15,21-22,26H,5,9-10,12-13,16-17H2,1-4H3;4-6,9,12-14,18-19H,7-8,10-11H2,1-3H3;2-3,5H2,1H3;1H4;1H. The van der Waals surface area contributed by atoms with Gasteiger partial charge in [-0.1, -0.05) is 85.4 Å². The second-order valence-electron chi connectivity index (χ2n) is 18.1. The maximum Gasteiger partial charge on any atom is 0.319 e. The summed E-state index contributed by atoms with van der Waals surface area (Å²) in [5, 5.41) is 7.70. The Hall–Kier alpha value is -4.18. The minimum absolute atomic E-state index is 0. The van der Waals surface area contributed by atoms with Gasteiger partial charge in [0.2, 0.25) is 0 Å². The number of fused-ring (bicyclic) bond motifs is 2. The first-order chi connectivity index (χ1) is 28.1. The molecule has 0 amide bonds. The molecule has 0 bridgehead atoms. The highest BCUT2D eigenvalue weighted by Gasteiger charge is 2.31. The molecule has 10 heteroatoms. The molecule has 0 aromatic heterocycles. The highest BCUT2D eigenvalue weighted by molar-refractivity contribution is 5.89. The van der Waals surface area contributed by atoms with E-state index in [4.69, 9.17) is 19.9 Å². The maximum absolute atomic E-state index is 11.4. The second kappa shape index (κ2) is 25.7. The first-order valence-electron chi connectivity index (χ1n) is 21.7. The molecule has 0 radical (unpaired) electrons. The lowest BCUT2D eigenvalue weighted by molar-refractivity contribution is -0.142. The van der Waals surface area contributed by atoms with Gasteiger partial charge in [0.25, 0.3) is 0 Å². The summed E-state index contributed by atoms with van der Waals surface area (Å²) in [6.45, 7) is 19.3. The van der Waals surface area contributed by atoms with Crippen LogP contribution < -0.4 is 20.5 Å². The summed E-state index contributed by atoms with van der Waals surface area (Å²) in [7, 11) is 0. The number of benzene rings is 4. The number of carbonyl (C=O) groups is 3. The van der Waals surface area contributed by atoms with Crippen LogP contribution in [-0.4, -0.2) is 56.7 Å². The normalized spacial score (nSPS) is 18.7. The van der Waals surface area contributed by atoms with Crippen molar-refractivity contribution in [3.63, 3.8) is 0 Å². The average molecular weight is 864 g/mol. The molecule has 2 aliphatic carbocycles. The molecular weight excluding hydrogens is 788 g/mol. The number of aldehydes is 1. The number of esters is 2. The van der Waals surface area contributed by atoms with Crippen molar-refractivity contribution in [3.8, 4) is 11.5 Å². The van der Waals surface area contributed by atoms with Crippen LogP contribution in [0.25, 0.3) is 21.5 Å². The molecule has 3 N–H and O–H groups in total. The SMILES string of the molecule is C.CC(C)(C)C1CCC(Oc2ccc3cc(C=O)ccc3c2)CC1.CCOC(=O)CN.CCOC(=O)CNCc1ccc2cc(OC3CCC(C(C)(C)C)CC3)ccc2c1.Cl. The molecule has 4 aromatic carbocycles. The van der Waals surface area contributed by atoms with Crippen LogP contribution in [0.15, 0.2) is 72.8 Å². The van der Waals surface area contributed by atoms with Gasteiger partial charge in [-0.15, -0.1) is 12.4 Å². The quantitative estimate of drug-likeness (QED) is 0.106. The number of halogens is 1. The van der Waals surface area contributed by atoms with E-state index in [0.29, 0.717) is 48.4 Å². The highest BCUT2D eigenvalue weighted by atomic mass is 35.5. The Balaban J connectivity index is 0.000000359. The number of hydrogen-bond acceptors (Lipinski definition) is 9. The Labute approximate surface area is 372 Å². The molecular formula is C51H75ClN2O7. The summed E-state index contributed by atoms with van der Waals surface area (Å²) in [4.78, 5) is 32.3. The van der Waals surface area contributed by atoms with Gasteiger partial charge < -0.3 is 30.0 Å². The first kappa shape index (κ1) is 53.0. The number of carbonyl (C=O) groups excluding carboxylic acids is 3. The molecule has 338 valence electrons. The van der Waals surface area contributed by atoms with Crippen LogP contribution in [0.1, 0.15) is 130 Å². The average Bonchev–Trinajstić information content (AvgIpc) is 3.21. The van der Waals surface area contributed by atoms with Crippen LogP contribution >= 0.6 is 12.4 Å². The van der Waals surface area contributed by atoms with Crippen LogP contribution in [0, 0.1) is 22.7 Å².